The number of carbonyl (C=O) groups is 1. The van der Waals surface area contributed by atoms with Crippen LogP contribution in [0.25, 0.3) is 0 Å². The largest absolute Gasteiger partial charge is 0.573 e. The SMILES string of the molecule is C=N/C(=C(Cl)\C(=C/C)Oc1ccc(OC(F)(F)F)c(Cl)c1)N1CCC(NC(=O)Nc2cccnc2)CC1. The molecule has 2 amide bonds. The van der Waals surface area contributed by atoms with Crippen molar-refractivity contribution in [2.24, 2.45) is 4.99 Å². The second-order valence-corrected chi connectivity index (χ2v) is 8.58. The van der Waals surface area contributed by atoms with E-state index in [9.17, 15) is 18.0 Å². The van der Waals surface area contributed by atoms with E-state index in [0.717, 1.165) is 6.07 Å². The van der Waals surface area contributed by atoms with Crippen LogP contribution in [-0.4, -0.2) is 48.1 Å². The Kier molecular flexibility index (Phi) is 9.65. The van der Waals surface area contributed by atoms with Gasteiger partial charge in [-0.15, -0.1) is 13.2 Å². The summed E-state index contributed by atoms with van der Waals surface area (Å²) >= 11 is 12.5. The fraction of sp³-hybridized carbons (Fsp3) is 0.292. The predicted molar refractivity (Wildman–Crippen MR) is 136 cm³/mol. The summed E-state index contributed by atoms with van der Waals surface area (Å²) in [6.45, 7) is 6.36. The number of allylic oxidation sites excluding steroid dienone is 2. The molecule has 0 spiro atoms. The summed E-state index contributed by atoms with van der Waals surface area (Å²) in [5.41, 5.74) is 0.591. The monoisotopic (exact) mass is 557 g/mol. The Morgan fingerprint density at radius 2 is 2.03 bits per heavy atom. The maximum atomic E-state index is 12.5. The molecule has 3 rings (SSSR count). The van der Waals surface area contributed by atoms with E-state index in [2.05, 4.69) is 32.1 Å². The molecule has 2 N–H and O–H groups in total. The minimum atomic E-state index is -4.87. The number of ether oxygens (including phenoxy) is 2. The first kappa shape index (κ1) is 28.1. The highest BCUT2D eigenvalue weighted by atomic mass is 35.5. The van der Waals surface area contributed by atoms with Crippen molar-refractivity contribution in [1.82, 2.24) is 15.2 Å². The number of urea groups is 1. The van der Waals surface area contributed by atoms with Gasteiger partial charge >= 0.3 is 12.4 Å². The number of hydrogen-bond donors (Lipinski definition) is 2. The summed E-state index contributed by atoms with van der Waals surface area (Å²) in [7, 11) is 0. The highest BCUT2D eigenvalue weighted by Crippen LogP contribution is 2.35. The molecule has 1 saturated heterocycles. The van der Waals surface area contributed by atoms with Crippen LogP contribution < -0.4 is 20.1 Å². The van der Waals surface area contributed by atoms with Gasteiger partial charge in [-0.05, 0) is 56.8 Å². The van der Waals surface area contributed by atoms with Crippen LogP contribution in [0.3, 0.4) is 0 Å². The first-order chi connectivity index (χ1) is 17.6. The molecule has 1 aromatic heterocycles. The molecule has 1 aromatic carbocycles. The van der Waals surface area contributed by atoms with Gasteiger partial charge in [0.2, 0.25) is 0 Å². The van der Waals surface area contributed by atoms with E-state index in [1.807, 2.05) is 4.90 Å². The Labute approximate surface area is 221 Å². The first-order valence-corrected chi connectivity index (χ1v) is 11.8. The first-order valence-electron chi connectivity index (χ1n) is 11.1. The lowest BCUT2D eigenvalue weighted by atomic mass is 10.1. The number of aliphatic imine (C=N–C) groups is 1. The molecule has 1 aliphatic heterocycles. The molecule has 1 aliphatic rings. The number of alkyl halides is 3. The van der Waals surface area contributed by atoms with E-state index in [0.29, 0.717) is 37.4 Å². The van der Waals surface area contributed by atoms with E-state index in [4.69, 9.17) is 27.9 Å². The number of pyridine rings is 1. The number of hydrogen-bond acceptors (Lipinski definition) is 6. The van der Waals surface area contributed by atoms with Crippen LogP contribution in [0.2, 0.25) is 5.02 Å². The molecule has 37 heavy (non-hydrogen) atoms. The van der Waals surface area contributed by atoms with E-state index in [-0.39, 0.29) is 33.6 Å². The molecule has 0 aliphatic carbocycles. The number of rotatable bonds is 8. The summed E-state index contributed by atoms with van der Waals surface area (Å²) in [6, 6.07) is 6.59. The number of aromatic nitrogens is 1. The molecular weight excluding hydrogens is 534 g/mol. The molecular formula is C24H24Cl2F3N5O3. The molecule has 0 radical (unpaired) electrons. The molecule has 198 valence electrons. The maximum absolute atomic E-state index is 12.5. The number of likely N-dealkylation sites (tertiary alicyclic amines) is 1. The van der Waals surface area contributed by atoms with Gasteiger partial charge in [0.05, 0.1) is 16.9 Å². The smallest absolute Gasteiger partial charge is 0.456 e. The Morgan fingerprint density at radius 3 is 2.59 bits per heavy atom. The molecule has 8 nitrogen and oxygen atoms in total. The molecule has 0 saturated carbocycles. The molecule has 2 heterocycles. The topological polar surface area (TPSA) is 88.1 Å². The lowest BCUT2D eigenvalue weighted by Gasteiger charge is -2.34. The van der Waals surface area contributed by atoms with Gasteiger partial charge in [-0.3, -0.25) is 4.98 Å². The van der Waals surface area contributed by atoms with Crippen LogP contribution >= 0.6 is 23.2 Å². The minimum absolute atomic E-state index is 0.0604. The quantitative estimate of drug-likeness (QED) is 0.225. The van der Waals surface area contributed by atoms with E-state index in [1.165, 1.54) is 12.1 Å². The average Bonchev–Trinajstić information content (AvgIpc) is 2.85. The molecule has 2 aromatic rings. The Hall–Kier alpha value is -3.44. The highest BCUT2D eigenvalue weighted by molar-refractivity contribution is 6.32. The second kappa shape index (κ2) is 12.7. The minimum Gasteiger partial charge on any atom is -0.456 e. The van der Waals surface area contributed by atoms with Gasteiger partial charge in [0.25, 0.3) is 0 Å². The molecule has 0 bridgehead atoms. The van der Waals surface area contributed by atoms with Gasteiger partial charge in [-0.2, -0.15) is 0 Å². The fourth-order valence-corrected chi connectivity index (χ4v) is 4.09. The highest BCUT2D eigenvalue weighted by Gasteiger charge is 2.32. The van der Waals surface area contributed by atoms with Crippen LogP contribution in [0.15, 0.2) is 70.4 Å². The van der Waals surface area contributed by atoms with Gasteiger partial charge in [0.15, 0.2) is 0 Å². The molecule has 0 atom stereocenters. The van der Waals surface area contributed by atoms with Crippen molar-refractivity contribution in [2.45, 2.75) is 32.2 Å². The summed E-state index contributed by atoms with van der Waals surface area (Å²) < 4.78 is 47.1. The number of anilines is 1. The van der Waals surface area contributed by atoms with Crippen molar-refractivity contribution >= 4 is 41.6 Å². The zero-order valence-electron chi connectivity index (χ0n) is 19.7. The third kappa shape index (κ3) is 8.29. The van der Waals surface area contributed by atoms with Crippen molar-refractivity contribution in [1.29, 1.82) is 0 Å². The number of amides is 2. The van der Waals surface area contributed by atoms with Crippen molar-refractivity contribution in [2.75, 3.05) is 18.4 Å². The number of benzene rings is 1. The van der Waals surface area contributed by atoms with Gasteiger partial charge < -0.3 is 25.0 Å². The third-order valence-corrected chi connectivity index (χ3v) is 5.88. The summed E-state index contributed by atoms with van der Waals surface area (Å²) in [6.07, 6.45) is 1.14. The molecule has 0 unspecified atom stereocenters. The zero-order chi connectivity index (χ0) is 27.0. The molecule has 13 heteroatoms. The number of halogens is 5. The summed E-state index contributed by atoms with van der Waals surface area (Å²) in [5.74, 6) is 0.179. The normalized spacial score (nSPS) is 15.5. The van der Waals surface area contributed by atoms with Crippen LogP contribution in [0, 0.1) is 0 Å². The van der Waals surface area contributed by atoms with Crippen LogP contribution in [0.1, 0.15) is 19.8 Å². The predicted octanol–water partition coefficient (Wildman–Crippen LogP) is 6.31. The lowest BCUT2D eigenvalue weighted by Crippen LogP contribution is -2.45. The van der Waals surface area contributed by atoms with Crippen LogP contribution in [0.4, 0.5) is 23.7 Å². The number of nitrogens with zero attached hydrogens (tertiary/aromatic N) is 3. The Balaban J connectivity index is 1.62. The van der Waals surface area contributed by atoms with Gasteiger partial charge in [-0.25, -0.2) is 9.79 Å². The molecule has 1 fully saturated rings. The lowest BCUT2D eigenvalue weighted by molar-refractivity contribution is -0.274. The Morgan fingerprint density at radius 1 is 1.30 bits per heavy atom. The fourth-order valence-electron chi connectivity index (χ4n) is 3.55. The van der Waals surface area contributed by atoms with Gasteiger partial charge in [0.1, 0.15) is 28.1 Å². The van der Waals surface area contributed by atoms with E-state index >= 15 is 0 Å². The van der Waals surface area contributed by atoms with E-state index in [1.54, 1.807) is 37.5 Å². The average molecular weight is 558 g/mol. The van der Waals surface area contributed by atoms with Crippen molar-refractivity contribution in [3.63, 3.8) is 0 Å². The number of nitrogens with one attached hydrogen (secondary N) is 2. The van der Waals surface area contributed by atoms with E-state index < -0.39 is 12.1 Å². The van der Waals surface area contributed by atoms with Crippen LogP contribution in [0.5, 0.6) is 11.5 Å². The van der Waals surface area contributed by atoms with Crippen molar-refractivity contribution < 1.29 is 27.4 Å². The van der Waals surface area contributed by atoms with Gasteiger partial charge in [0, 0.05) is 31.4 Å². The maximum Gasteiger partial charge on any atom is 0.573 e. The summed E-state index contributed by atoms with van der Waals surface area (Å²) in [5, 5.41) is 5.54. The zero-order valence-corrected chi connectivity index (χ0v) is 21.2. The third-order valence-electron chi connectivity index (χ3n) is 5.23. The second-order valence-electron chi connectivity index (χ2n) is 7.79. The summed E-state index contributed by atoms with van der Waals surface area (Å²) in [4.78, 5) is 22.2. The van der Waals surface area contributed by atoms with Crippen molar-refractivity contribution in [3.8, 4) is 11.5 Å². The van der Waals surface area contributed by atoms with Crippen LogP contribution in [-0.2, 0) is 0 Å². The number of piperidine rings is 1. The number of carbonyl (C=O) groups excluding carboxylic acids is 1. The van der Waals surface area contributed by atoms with Crippen molar-refractivity contribution in [3.05, 3.63) is 70.4 Å². The standard InChI is InChI=1S/C24H24Cl2F3N5O3/c1-3-19(36-17-6-7-20(18(25)13-17)37-24(27,28)29)21(26)22(30-2)34-11-8-15(9-12-34)32-23(35)33-16-5-4-10-31-14-16/h3-7,10,13-15H,2,8-9,11-12H2,1H3,(H2,32,33,35)/b19-3+,22-21-. The van der Waals surface area contributed by atoms with Gasteiger partial charge in [-0.1, -0.05) is 23.2 Å². The Bertz CT molecular complexity index is 1170.